The van der Waals surface area contributed by atoms with Crippen LogP contribution < -0.4 is 10.1 Å². The maximum atomic E-state index is 11.9. The maximum Gasteiger partial charge on any atom is 0.251 e. The standard InChI is InChI=1S/C15H23NO2S/c1-5-18-13-8-6-12(7-9-13)14(17)16-10-11-19-15(2,3)4/h6-9H,5,10-11H2,1-4H3,(H,16,17). The Morgan fingerprint density at radius 2 is 1.89 bits per heavy atom. The SMILES string of the molecule is CCOc1ccc(C(=O)NCCSC(C)(C)C)cc1. The van der Waals surface area contributed by atoms with Crippen molar-refractivity contribution < 1.29 is 9.53 Å². The second-order valence-corrected chi connectivity index (χ2v) is 7.10. The zero-order chi connectivity index (χ0) is 14.3. The number of carbonyl (C=O) groups is 1. The largest absolute Gasteiger partial charge is 0.494 e. The highest BCUT2D eigenvalue weighted by Crippen LogP contribution is 2.22. The third-order valence-corrected chi connectivity index (χ3v) is 3.62. The first-order valence-corrected chi connectivity index (χ1v) is 7.56. The van der Waals surface area contributed by atoms with Gasteiger partial charge < -0.3 is 10.1 Å². The molecule has 0 saturated heterocycles. The van der Waals surface area contributed by atoms with Gasteiger partial charge in [-0.05, 0) is 31.2 Å². The molecule has 1 aromatic carbocycles. The van der Waals surface area contributed by atoms with Crippen LogP contribution in [0.4, 0.5) is 0 Å². The highest BCUT2D eigenvalue weighted by atomic mass is 32.2. The smallest absolute Gasteiger partial charge is 0.251 e. The zero-order valence-corrected chi connectivity index (χ0v) is 13.0. The summed E-state index contributed by atoms with van der Waals surface area (Å²) < 4.78 is 5.58. The van der Waals surface area contributed by atoms with Gasteiger partial charge >= 0.3 is 0 Å². The van der Waals surface area contributed by atoms with Crippen LogP contribution in [-0.2, 0) is 0 Å². The molecule has 0 aliphatic rings. The van der Waals surface area contributed by atoms with Gasteiger partial charge in [-0.3, -0.25) is 4.79 Å². The van der Waals surface area contributed by atoms with Crippen molar-refractivity contribution in [3.8, 4) is 5.75 Å². The Hall–Kier alpha value is -1.16. The summed E-state index contributed by atoms with van der Waals surface area (Å²) in [6.45, 7) is 9.78. The van der Waals surface area contributed by atoms with E-state index in [1.165, 1.54) is 0 Å². The van der Waals surface area contributed by atoms with E-state index >= 15 is 0 Å². The average Bonchev–Trinajstić information content (AvgIpc) is 2.34. The predicted molar refractivity (Wildman–Crippen MR) is 82.2 cm³/mol. The van der Waals surface area contributed by atoms with Gasteiger partial charge in [-0.25, -0.2) is 0 Å². The molecule has 0 heterocycles. The van der Waals surface area contributed by atoms with Crippen molar-refractivity contribution in [3.05, 3.63) is 29.8 Å². The van der Waals surface area contributed by atoms with Crippen molar-refractivity contribution in [2.24, 2.45) is 0 Å². The summed E-state index contributed by atoms with van der Waals surface area (Å²) in [6.07, 6.45) is 0. The number of ether oxygens (including phenoxy) is 1. The Kier molecular flexibility index (Phi) is 6.22. The third kappa shape index (κ3) is 6.53. The molecule has 0 aliphatic carbocycles. The second kappa shape index (κ2) is 7.43. The molecule has 0 aromatic heterocycles. The number of hydrogen-bond acceptors (Lipinski definition) is 3. The second-order valence-electron chi connectivity index (χ2n) is 5.17. The van der Waals surface area contributed by atoms with Gasteiger partial charge in [-0.2, -0.15) is 11.8 Å². The van der Waals surface area contributed by atoms with Gasteiger partial charge in [-0.1, -0.05) is 20.8 Å². The molecule has 19 heavy (non-hydrogen) atoms. The van der Waals surface area contributed by atoms with Crippen molar-refractivity contribution in [3.63, 3.8) is 0 Å². The first kappa shape index (κ1) is 15.9. The highest BCUT2D eigenvalue weighted by Gasteiger charge is 2.10. The van der Waals surface area contributed by atoms with Crippen LogP contribution in [0.5, 0.6) is 5.75 Å². The van der Waals surface area contributed by atoms with Crippen molar-refractivity contribution in [1.82, 2.24) is 5.32 Å². The van der Waals surface area contributed by atoms with Gasteiger partial charge in [-0.15, -0.1) is 0 Å². The first-order valence-electron chi connectivity index (χ1n) is 6.57. The molecule has 0 atom stereocenters. The lowest BCUT2D eigenvalue weighted by Crippen LogP contribution is -2.26. The van der Waals surface area contributed by atoms with E-state index in [0.717, 1.165) is 11.5 Å². The molecule has 4 heteroatoms. The summed E-state index contributed by atoms with van der Waals surface area (Å²) in [4.78, 5) is 11.9. The summed E-state index contributed by atoms with van der Waals surface area (Å²) in [6, 6.07) is 7.22. The molecule has 0 fully saturated rings. The summed E-state index contributed by atoms with van der Waals surface area (Å²) in [7, 11) is 0. The van der Waals surface area contributed by atoms with Crippen molar-refractivity contribution in [2.75, 3.05) is 18.9 Å². The molecule has 0 radical (unpaired) electrons. The van der Waals surface area contributed by atoms with Gasteiger partial charge in [0, 0.05) is 22.6 Å². The lowest BCUT2D eigenvalue weighted by molar-refractivity contribution is 0.0956. The molecule has 0 bridgehead atoms. The van der Waals surface area contributed by atoms with Crippen molar-refractivity contribution >= 4 is 17.7 Å². The molecule has 0 aliphatic heterocycles. The van der Waals surface area contributed by atoms with E-state index in [1.54, 1.807) is 12.1 Å². The molecule has 106 valence electrons. The average molecular weight is 281 g/mol. The number of nitrogens with one attached hydrogen (secondary N) is 1. The minimum absolute atomic E-state index is 0.0300. The Bertz CT molecular complexity index is 396. The predicted octanol–water partition coefficient (Wildman–Crippen LogP) is 3.35. The summed E-state index contributed by atoms with van der Waals surface area (Å²) in [5.74, 6) is 1.69. The fourth-order valence-corrected chi connectivity index (χ4v) is 2.31. The molecule has 1 rings (SSSR count). The Morgan fingerprint density at radius 1 is 1.26 bits per heavy atom. The van der Waals surface area contributed by atoms with E-state index in [9.17, 15) is 4.79 Å². The van der Waals surface area contributed by atoms with E-state index in [1.807, 2.05) is 30.8 Å². The van der Waals surface area contributed by atoms with Crippen LogP contribution in [-0.4, -0.2) is 29.6 Å². The molecule has 0 saturated carbocycles. The Morgan fingerprint density at radius 3 is 2.42 bits per heavy atom. The minimum Gasteiger partial charge on any atom is -0.494 e. The summed E-state index contributed by atoms with van der Waals surface area (Å²) in [5, 5.41) is 2.92. The summed E-state index contributed by atoms with van der Waals surface area (Å²) in [5.41, 5.74) is 0.671. The van der Waals surface area contributed by atoms with E-state index in [4.69, 9.17) is 4.74 Å². The topological polar surface area (TPSA) is 38.3 Å². The minimum atomic E-state index is -0.0300. The monoisotopic (exact) mass is 281 g/mol. The van der Waals surface area contributed by atoms with E-state index in [-0.39, 0.29) is 10.7 Å². The van der Waals surface area contributed by atoms with Gasteiger partial charge in [0.15, 0.2) is 0 Å². The number of rotatable bonds is 6. The van der Waals surface area contributed by atoms with Crippen LogP contribution in [0.3, 0.4) is 0 Å². The fraction of sp³-hybridized carbons (Fsp3) is 0.533. The van der Waals surface area contributed by atoms with E-state index in [2.05, 4.69) is 26.1 Å². The van der Waals surface area contributed by atoms with Gasteiger partial charge in [0.05, 0.1) is 6.61 Å². The van der Waals surface area contributed by atoms with Crippen LogP contribution >= 0.6 is 11.8 Å². The van der Waals surface area contributed by atoms with E-state index in [0.29, 0.717) is 18.7 Å². The Labute approximate surface area is 120 Å². The first-order chi connectivity index (χ1) is 8.92. The highest BCUT2D eigenvalue weighted by molar-refractivity contribution is 8.00. The van der Waals surface area contributed by atoms with Crippen LogP contribution in [0, 0.1) is 0 Å². The zero-order valence-electron chi connectivity index (χ0n) is 12.2. The van der Waals surface area contributed by atoms with Crippen molar-refractivity contribution in [1.29, 1.82) is 0 Å². The quantitative estimate of drug-likeness (QED) is 0.813. The summed E-state index contributed by atoms with van der Waals surface area (Å²) >= 11 is 1.85. The van der Waals surface area contributed by atoms with Gasteiger partial charge in [0.2, 0.25) is 0 Å². The lowest BCUT2D eigenvalue weighted by Gasteiger charge is -2.17. The molecule has 1 N–H and O–H groups in total. The molecule has 1 aromatic rings. The molecule has 3 nitrogen and oxygen atoms in total. The van der Waals surface area contributed by atoms with Gasteiger partial charge in [0.1, 0.15) is 5.75 Å². The molecule has 1 amide bonds. The molecular formula is C15H23NO2S. The number of amides is 1. The number of thioether (sulfide) groups is 1. The van der Waals surface area contributed by atoms with Crippen LogP contribution in [0.2, 0.25) is 0 Å². The molecule has 0 spiro atoms. The lowest BCUT2D eigenvalue weighted by atomic mass is 10.2. The number of carbonyl (C=O) groups excluding carboxylic acids is 1. The van der Waals surface area contributed by atoms with Crippen molar-refractivity contribution in [2.45, 2.75) is 32.4 Å². The Balaban J connectivity index is 2.37. The number of hydrogen-bond donors (Lipinski definition) is 1. The normalized spacial score (nSPS) is 11.2. The van der Waals surface area contributed by atoms with E-state index < -0.39 is 0 Å². The fourth-order valence-electron chi connectivity index (χ4n) is 1.49. The molecular weight excluding hydrogens is 258 g/mol. The third-order valence-electron chi connectivity index (χ3n) is 2.35. The van der Waals surface area contributed by atoms with Crippen LogP contribution in [0.15, 0.2) is 24.3 Å². The van der Waals surface area contributed by atoms with Gasteiger partial charge in [0.25, 0.3) is 5.91 Å². The van der Waals surface area contributed by atoms with Crippen LogP contribution in [0.1, 0.15) is 38.1 Å². The number of benzene rings is 1. The van der Waals surface area contributed by atoms with Crippen LogP contribution in [0.25, 0.3) is 0 Å². The molecule has 0 unspecified atom stereocenters. The maximum absolute atomic E-state index is 11.9.